The summed E-state index contributed by atoms with van der Waals surface area (Å²) in [5.74, 6) is 1.12. The van der Waals surface area contributed by atoms with Gasteiger partial charge in [-0.05, 0) is 19.3 Å². The summed E-state index contributed by atoms with van der Waals surface area (Å²) < 4.78 is 5.49. The lowest BCUT2D eigenvalue weighted by atomic mass is 10.2. The molecule has 1 N–H and O–H groups in total. The Morgan fingerprint density at radius 2 is 2.00 bits per heavy atom. The first-order valence-corrected chi connectivity index (χ1v) is 8.12. The summed E-state index contributed by atoms with van der Waals surface area (Å²) in [5.41, 5.74) is 0. The van der Waals surface area contributed by atoms with Gasteiger partial charge in [0.25, 0.3) is 5.91 Å². The van der Waals surface area contributed by atoms with E-state index in [4.69, 9.17) is 4.74 Å². The molecule has 1 unspecified atom stereocenters. The van der Waals surface area contributed by atoms with Gasteiger partial charge in [-0.15, -0.1) is 0 Å². The molecule has 0 aromatic carbocycles. The standard InChI is InChI=1S/C15H28N4O2/c1-3-4-7-17-15(16-2)19-10-8-18(9-11-19)14(20)13-6-5-12-21-13/h13H,3-12H2,1-2H3,(H,16,17). The quantitative estimate of drug-likeness (QED) is 0.471. The van der Waals surface area contributed by atoms with Crippen LogP contribution in [-0.4, -0.2) is 74.1 Å². The number of nitrogens with one attached hydrogen (secondary N) is 1. The average Bonchev–Trinajstić information content (AvgIpc) is 3.06. The van der Waals surface area contributed by atoms with Crippen LogP contribution in [0, 0.1) is 0 Å². The predicted octanol–water partition coefficient (Wildman–Crippen LogP) is 0.685. The van der Waals surface area contributed by atoms with Gasteiger partial charge >= 0.3 is 0 Å². The van der Waals surface area contributed by atoms with Crippen molar-refractivity contribution in [2.24, 2.45) is 4.99 Å². The second-order valence-electron chi connectivity index (χ2n) is 5.64. The second-order valence-corrected chi connectivity index (χ2v) is 5.64. The van der Waals surface area contributed by atoms with Gasteiger partial charge in [0.05, 0.1) is 0 Å². The van der Waals surface area contributed by atoms with Crippen LogP contribution in [0.1, 0.15) is 32.6 Å². The molecule has 0 spiro atoms. The van der Waals surface area contributed by atoms with E-state index in [0.717, 1.165) is 64.6 Å². The zero-order valence-corrected chi connectivity index (χ0v) is 13.3. The number of amides is 1. The minimum atomic E-state index is -0.196. The fourth-order valence-electron chi connectivity index (χ4n) is 2.82. The Hall–Kier alpha value is -1.30. The maximum absolute atomic E-state index is 12.3. The van der Waals surface area contributed by atoms with Gasteiger partial charge in [0.1, 0.15) is 6.10 Å². The Bertz CT molecular complexity index is 359. The van der Waals surface area contributed by atoms with E-state index in [1.54, 1.807) is 0 Å². The molecule has 1 amide bonds. The topological polar surface area (TPSA) is 57.2 Å². The van der Waals surface area contributed by atoms with Gasteiger partial charge in [0.15, 0.2) is 5.96 Å². The summed E-state index contributed by atoms with van der Waals surface area (Å²) in [6.07, 6.45) is 4.01. The Labute approximate surface area is 127 Å². The van der Waals surface area contributed by atoms with Crippen LogP contribution in [-0.2, 0) is 9.53 Å². The van der Waals surface area contributed by atoms with E-state index < -0.39 is 0 Å². The predicted molar refractivity (Wildman–Crippen MR) is 83.4 cm³/mol. The Balaban J connectivity index is 1.77. The third-order valence-corrected chi connectivity index (χ3v) is 4.12. The first-order chi connectivity index (χ1) is 10.3. The van der Waals surface area contributed by atoms with Crippen molar-refractivity contribution >= 4 is 11.9 Å². The highest BCUT2D eigenvalue weighted by molar-refractivity contribution is 5.82. The number of guanidine groups is 1. The Kier molecular flexibility index (Phi) is 6.29. The van der Waals surface area contributed by atoms with Crippen molar-refractivity contribution < 1.29 is 9.53 Å². The van der Waals surface area contributed by atoms with Crippen LogP contribution >= 0.6 is 0 Å². The highest BCUT2D eigenvalue weighted by Gasteiger charge is 2.30. The maximum Gasteiger partial charge on any atom is 0.251 e. The number of carbonyl (C=O) groups is 1. The number of hydrogen-bond donors (Lipinski definition) is 1. The zero-order valence-electron chi connectivity index (χ0n) is 13.3. The van der Waals surface area contributed by atoms with Gasteiger partial charge in [0.2, 0.25) is 0 Å². The largest absolute Gasteiger partial charge is 0.368 e. The van der Waals surface area contributed by atoms with Gasteiger partial charge < -0.3 is 19.9 Å². The Morgan fingerprint density at radius 3 is 2.57 bits per heavy atom. The summed E-state index contributed by atoms with van der Waals surface area (Å²) >= 11 is 0. The molecule has 0 aromatic rings. The maximum atomic E-state index is 12.3. The molecule has 6 nitrogen and oxygen atoms in total. The lowest BCUT2D eigenvalue weighted by Gasteiger charge is -2.37. The van der Waals surface area contributed by atoms with Crippen molar-refractivity contribution in [3.8, 4) is 0 Å². The van der Waals surface area contributed by atoms with Gasteiger partial charge in [-0.25, -0.2) is 0 Å². The number of nitrogens with zero attached hydrogens (tertiary/aromatic N) is 3. The normalized spacial score (nSPS) is 23.5. The fraction of sp³-hybridized carbons (Fsp3) is 0.867. The molecular formula is C15H28N4O2. The molecule has 0 bridgehead atoms. The molecule has 21 heavy (non-hydrogen) atoms. The SMILES string of the molecule is CCCCNC(=NC)N1CCN(C(=O)C2CCCO2)CC1. The highest BCUT2D eigenvalue weighted by atomic mass is 16.5. The summed E-state index contributed by atoms with van der Waals surface area (Å²) in [5, 5.41) is 3.39. The van der Waals surface area contributed by atoms with E-state index in [1.165, 1.54) is 6.42 Å². The molecule has 0 radical (unpaired) electrons. The number of ether oxygens (including phenoxy) is 1. The van der Waals surface area contributed by atoms with Gasteiger partial charge in [-0.2, -0.15) is 0 Å². The summed E-state index contributed by atoms with van der Waals surface area (Å²) in [6, 6.07) is 0. The molecular weight excluding hydrogens is 268 g/mol. The van der Waals surface area contributed by atoms with E-state index in [0.29, 0.717) is 0 Å². The first-order valence-electron chi connectivity index (χ1n) is 8.12. The molecule has 0 aromatic heterocycles. The van der Waals surface area contributed by atoms with Crippen LogP contribution in [0.5, 0.6) is 0 Å². The van der Waals surface area contributed by atoms with Crippen LogP contribution < -0.4 is 5.32 Å². The lowest BCUT2D eigenvalue weighted by molar-refractivity contribution is -0.142. The fourth-order valence-corrected chi connectivity index (χ4v) is 2.82. The molecule has 0 saturated carbocycles. The van der Waals surface area contributed by atoms with Crippen LogP contribution in [0.3, 0.4) is 0 Å². The minimum absolute atomic E-state index is 0.168. The van der Waals surface area contributed by atoms with Crippen molar-refractivity contribution in [3.63, 3.8) is 0 Å². The minimum Gasteiger partial charge on any atom is -0.368 e. The van der Waals surface area contributed by atoms with E-state index in [-0.39, 0.29) is 12.0 Å². The molecule has 2 saturated heterocycles. The Morgan fingerprint density at radius 1 is 1.29 bits per heavy atom. The van der Waals surface area contributed by atoms with Crippen molar-refractivity contribution in [1.82, 2.24) is 15.1 Å². The van der Waals surface area contributed by atoms with Crippen molar-refractivity contribution in [3.05, 3.63) is 0 Å². The molecule has 2 rings (SSSR count). The molecule has 2 fully saturated rings. The van der Waals surface area contributed by atoms with E-state index in [2.05, 4.69) is 22.1 Å². The summed E-state index contributed by atoms with van der Waals surface area (Å²) in [4.78, 5) is 20.8. The number of unbranched alkanes of at least 4 members (excludes halogenated alkanes) is 1. The molecule has 120 valence electrons. The van der Waals surface area contributed by atoms with E-state index in [9.17, 15) is 4.79 Å². The monoisotopic (exact) mass is 296 g/mol. The lowest BCUT2D eigenvalue weighted by Crippen LogP contribution is -2.55. The van der Waals surface area contributed by atoms with Crippen LogP contribution in [0.25, 0.3) is 0 Å². The van der Waals surface area contributed by atoms with Gasteiger partial charge in [-0.3, -0.25) is 9.79 Å². The van der Waals surface area contributed by atoms with E-state index in [1.807, 2.05) is 11.9 Å². The number of rotatable bonds is 4. The van der Waals surface area contributed by atoms with Crippen LogP contribution in [0.4, 0.5) is 0 Å². The van der Waals surface area contributed by atoms with E-state index >= 15 is 0 Å². The smallest absolute Gasteiger partial charge is 0.251 e. The first kappa shape index (κ1) is 16.1. The summed E-state index contributed by atoms with van der Waals surface area (Å²) in [6.45, 7) is 7.05. The molecule has 2 aliphatic rings. The molecule has 2 heterocycles. The second kappa shape index (κ2) is 8.22. The van der Waals surface area contributed by atoms with Gasteiger partial charge in [0, 0.05) is 46.4 Å². The van der Waals surface area contributed by atoms with Crippen molar-refractivity contribution in [1.29, 1.82) is 0 Å². The molecule has 6 heteroatoms. The number of carbonyl (C=O) groups excluding carboxylic acids is 1. The molecule has 2 aliphatic heterocycles. The molecule has 0 aliphatic carbocycles. The third-order valence-electron chi connectivity index (χ3n) is 4.12. The van der Waals surface area contributed by atoms with Crippen LogP contribution in [0.2, 0.25) is 0 Å². The van der Waals surface area contributed by atoms with Gasteiger partial charge in [-0.1, -0.05) is 13.3 Å². The summed E-state index contributed by atoms with van der Waals surface area (Å²) in [7, 11) is 1.82. The third kappa shape index (κ3) is 4.33. The highest BCUT2D eigenvalue weighted by Crippen LogP contribution is 2.16. The molecule has 1 atom stereocenters. The van der Waals surface area contributed by atoms with Crippen LogP contribution in [0.15, 0.2) is 4.99 Å². The number of hydrogen-bond acceptors (Lipinski definition) is 3. The number of piperazine rings is 1. The van der Waals surface area contributed by atoms with Crippen molar-refractivity contribution in [2.45, 2.75) is 38.7 Å². The average molecular weight is 296 g/mol. The van der Waals surface area contributed by atoms with Crippen molar-refractivity contribution in [2.75, 3.05) is 46.4 Å². The zero-order chi connectivity index (χ0) is 15.1. The number of aliphatic imine (C=N–C) groups is 1.